The molecule has 0 spiro atoms. The summed E-state index contributed by atoms with van der Waals surface area (Å²) < 4.78 is 21.1. The van der Waals surface area contributed by atoms with Crippen LogP contribution in [0.15, 0.2) is 30.3 Å². The van der Waals surface area contributed by atoms with Crippen LogP contribution in [0.5, 0.6) is 0 Å². The van der Waals surface area contributed by atoms with Gasteiger partial charge in [-0.1, -0.05) is 65.1 Å². The van der Waals surface area contributed by atoms with Gasteiger partial charge in [-0.2, -0.15) is 0 Å². The fraction of sp³-hybridized carbons (Fsp3) is 0.500. The Bertz CT molecular complexity index is 541. The molecule has 0 aliphatic heterocycles. The Morgan fingerprint density at radius 3 is 2.13 bits per heavy atom. The van der Waals surface area contributed by atoms with Crippen LogP contribution in [0.3, 0.4) is 0 Å². The maximum absolute atomic E-state index is 12.8. The Morgan fingerprint density at radius 1 is 1.17 bits per heavy atom. The fourth-order valence-electron chi connectivity index (χ4n) is 1.87. The lowest BCUT2D eigenvalue weighted by molar-refractivity contribution is -0.120. The van der Waals surface area contributed by atoms with Gasteiger partial charge in [0, 0.05) is 0 Å². The number of nitrogens with one attached hydrogen (secondary N) is 1. The Kier molecular flexibility index (Phi) is 8.36. The van der Waals surface area contributed by atoms with E-state index in [0.717, 1.165) is 5.56 Å². The average Bonchev–Trinajstić information content (AvgIpc) is 2.45. The van der Waals surface area contributed by atoms with Crippen LogP contribution >= 0.6 is 42.4 Å². The SMILES string of the molecule is CCOP(=O)(OCC)[C@H](NC(=O)Cc1ccccc1)C(Cl)(Cl)Cl. The van der Waals surface area contributed by atoms with Gasteiger partial charge in [0.25, 0.3) is 0 Å². The zero-order valence-corrected chi connectivity index (χ0v) is 16.0. The minimum Gasteiger partial charge on any atom is -0.338 e. The average molecular weight is 403 g/mol. The van der Waals surface area contributed by atoms with Gasteiger partial charge < -0.3 is 14.4 Å². The normalized spacial score (nSPS) is 13.6. The molecule has 0 aliphatic carbocycles. The van der Waals surface area contributed by atoms with E-state index in [0.29, 0.717) is 0 Å². The predicted octanol–water partition coefficient (Wildman–Crippen LogP) is 4.31. The van der Waals surface area contributed by atoms with Crippen molar-refractivity contribution >= 4 is 48.3 Å². The summed E-state index contributed by atoms with van der Waals surface area (Å²) in [4.78, 5) is 12.2. The van der Waals surface area contributed by atoms with Crippen LogP contribution in [0.4, 0.5) is 0 Å². The van der Waals surface area contributed by atoms with E-state index in [4.69, 9.17) is 43.9 Å². The molecule has 0 saturated carbocycles. The van der Waals surface area contributed by atoms with Crippen molar-refractivity contribution in [2.45, 2.75) is 29.8 Å². The number of carbonyl (C=O) groups excluding carboxylic acids is 1. The number of hydrogen-bond donors (Lipinski definition) is 1. The van der Waals surface area contributed by atoms with E-state index in [1.165, 1.54) is 0 Å². The second kappa shape index (κ2) is 9.26. The summed E-state index contributed by atoms with van der Waals surface area (Å²) in [5.41, 5.74) is 0.774. The van der Waals surface area contributed by atoms with Crippen LogP contribution in [-0.4, -0.2) is 28.7 Å². The number of benzene rings is 1. The van der Waals surface area contributed by atoms with E-state index >= 15 is 0 Å². The smallest absolute Gasteiger partial charge is 0.338 e. The van der Waals surface area contributed by atoms with Crippen LogP contribution in [-0.2, 0) is 24.8 Å². The molecule has 0 bridgehead atoms. The molecule has 0 saturated heterocycles. The zero-order valence-electron chi connectivity index (χ0n) is 12.8. The molecule has 0 radical (unpaired) electrons. The lowest BCUT2D eigenvalue weighted by Gasteiger charge is -2.31. The number of alkyl halides is 3. The molecule has 1 aromatic carbocycles. The number of hydrogen-bond acceptors (Lipinski definition) is 4. The third-order valence-electron chi connectivity index (χ3n) is 2.75. The van der Waals surface area contributed by atoms with Gasteiger partial charge >= 0.3 is 7.60 Å². The second-order valence-electron chi connectivity index (χ2n) is 4.55. The maximum Gasteiger partial charge on any atom is 0.357 e. The highest BCUT2D eigenvalue weighted by atomic mass is 35.6. The van der Waals surface area contributed by atoms with Crippen molar-refractivity contribution in [1.82, 2.24) is 5.32 Å². The monoisotopic (exact) mass is 401 g/mol. The van der Waals surface area contributed by atoms with Crippen LogP contribution in [0, 0.1) is 0 Å². The first kappa shape index (κ1) is 20.8. The van der Waals surface area contributed by atoms with Gasteiger partial charge in [0.05, 0.1) is 19.6 Å². The van der Waals surface area contributed by atoms with E-state index in [-0.39, 0.29) is 19.6 Å². The number of rotatable bonds is 8. The van der Waals surface area contributed by atoms with Gasteiger partial charge in [0.15, 0.2) is 5.78 Å². The van der Waals surface area contributed by atoms with Crippen molar-refractivity contribution in [1.29, 1.82) is 0 Å². The zero-order chi connectivity index (χ0) is 17.5. The van der Waals surface area contributed by atoms with Crippen molar-refractivity contribution in [3.8, 4) is 0 Å². The maximum atomic E-state index is 12.8. The number of amides is 1. The van der Waals surface area contributed by atoms with Crippen molar-refractivity contribution < 1.29 is 18.4 Å². The standard InChI is InChI=1S/C14H19Cl3NO4P/c1-3-21-23(20,22-4-2)13(14(15,16)17)18-12(19)10-11-8-6-5-7-9-11/h5-9,13H,3-4,10H2,1-2H3,(H,18,19)/t13-/m0/s1. The molecule has 1 atom stereocenters. The largest absolute Gasteiger partial charge is 0.357 e. The first-order chi connectivity index (χ1) is 10.7. The molecule has 1 N–H and O–H groups in total. The molecule has 0 unspecified atom stereocenters. The van der Waals surface area contributed by atoms with Crippen molar-refractivity contribution in [2.24, 2.45) is 0 Å². The minimum atomic E-state index is -3.84. The Labute approximate surface area is 151 Å². The summed E-state index contributed by atoms with van der Waals surface area (Å²) in [5, 5.41) is 2.47. The summed E-state index contributed by atoms with van der Waals surface area (Å²) in [6.45, 7) is 3.44. The van der Waals surface area contributed by atoms with Gasteiger partial charge in [0.2, 0.25) is 9.70 Å². The molecule has 1 rings (SSSR count). The molecular formula is C14H19Cl3NO4P. The Morgan fingerprint density at radius 2 is 1.70 bits per heavy atom. The molecule has 23 heavy (non-hydrogen) atoms. The predicted molar refractivity (Wildman–Crippen MR) is 93.2 cm³/mol. The molecule has 0 aliphatic rings. The summed E-state index contributed by atoms with van der Waals surface area (Å²) in [6.07, 6.45) is 0.0519. The number of carbonyl (C=O) groups is 1. The molecule has 1 amide bonds. The molecular weight excluding hydrogens is 383 g/mol. The van der Waals surface area contributed by atoms with Gasteiger partial charge in [-0.05, 0) is 19.4 Å². The fourth-order valence-corrected chi connectivity index (χ4v) is 4.86. The van der Waals surface area contributed by atoms with E-state index < -0.39 is 23.1 Å². The van der Waals surface area contributed by atoms with E-state index in [1.54, 1.807) is 38.1 Å². The summed E-state index contributed by atoms with van der Waals surface area (Å²) >= 11 is 17.7. The topological polar surface area (TPSA) is 64.6 Å². The van der Waals surface area contributed by atoms with Gasteiger partial charge in [-0.25, -0.2) is 0 Å². The quantitative estimate of drug-likeness (QED) is 0.520. The molecule has 0 heterocycles. The molecule has 1 aromatic rings. The molecule has 9 heteroatoms. The highest BCUT2D eigenvalue weighted by Gasteiger charge is 2.49. The highest BCUT2D eigenvalue weighted by molar-refractivity contribution is 7.55. The van der Waals surface area contributed by atoms with Crippen LogP contribution < -0.4 is 5.32 Å². The van der Waals surface area contributed by atoms with E-state index in [1.807, 2.05) is 6.07 Å². The lowest BCUT2D eigenvalue weighted by atomic mass is 10.1. The van der Waals surface area contributed by atoms with Gasteiger partial charge in [-0.15, -0.1) is 0 Å². The van der Waals surface area contributed by atoms with Crippen LogP contribution in [0.2, 0.25) is 0 Å². The van der Waals surface area contributed by atoms with Gasteiger partial charge in [-0.3, -0.25) is 9.36 Å². The van der Waals surface area contributed by atoms with Crippen molar-refractivity contribution in [2.75, 3.05) is 13.2 Å². The first-order valence-corrected chi connectivity index (χ1v) is 9.76. The highest BCUT2D eigenvalue weighted by Crippen LogP contribution is 2.58. The molecule has 130 valence electrons. The second-order valence-corrected chi connectivity index (χ2v) is 9.03. The van der Waals surface area contributed by atoms with Crippen molar-refractivity contribution in [3.05, 3.63) is 35.9 Å². The van der Waals surface area contributed by atoms with Gasteiger partial charge in [0.1, 0.15) is 0 Å². The minimum absolute atomic E-state index is 0.0519. The first-order valence-electron chi connectivity index (χ1n) is 7.01. The molecule has 0 fully saturated rings. The third-order valence-corrected chi connectivity index (χ3v) is 6.25. The molecule has 0 aromatic heterocycles. The van der Waals surface area contributed by atoms with E-state index in [9.17, 15) is 9.36 Å². The third kappa shape index (κ3) is 6.61. The van der Waals surface area contributed by atoms with Crippen LogP contribution in [0.25, 0.3) is 0 Å². The van der Waals surface area contributed by atoms with Crippen LogP contribution in [0.1, 0.15) is 19.4 Å². The lowest BCUT2D eigenvalue weighted by Crippen LogP contribution is -2.45. The summed E-state index contributed by atoms with van der Waals surface area (Å²) in [5.74, 6) is -1.86. The Hall–Kier alpha value is -0.290. The number of halogens is 3. The summed E-state index contributed by atoms with van der Waals surface area (Å²) in [7, 11) is -3.84. The van der Waals surface area contributed by atoms with Crippen molar-refractivity contribution in [3.63, 3.8) is 0 Å². The Balaban J connectivity index is 2.94. The summed E-state index contributed by atoms with van der Waals surface area (Å²) in [6, 6.07) is 9.02. The van der Waals surface area contributed by atoms with E-state index in [2.05, 4.69) is 5.32 Å². The molecule has 5 nitrogen and oxygen atoms in total.